The molecular weight excluding hydrogens is 228 g/mol. The molecule has 0 atom stereocenters. The lowest BCUT2D eigenvalue weighted by Crippen LogP contribution is -2.22. The van der Waals surface area contributed by atoms with E-state index in [4.69, 9.17) is 11.6 Å². The molecule has 4 nitrogen and oxygen atoms in total. The lowest BCUT2D eigenvalue weighted by molar-refractivity contribution is -0.502. The van der Waals surface area contributed by atoms with E-state index in [1.807, 2.05) is 6.07 Å². The molecule has 1 heterocycles. The fraction of sp³-hybridized carbons (Fsp3) is 0.0909. The standard InChI is InChI=1S/C11H9ClN2O2/c1-8-11(9-5-3-2-4-6-9)14(16)10(12)7-13(8)15/h2-7H,1H3. The SMILES string of the molecule is Cc1c(-c2ccccc2)n([O-])c(Cl)c[n+]1=O. The van der Waals surface area contributed by atoms with Crippen LogP contribution in [0.25, 0.3) is 11.3 Å². The second-order valence-electron chi connectivity index (χ2n) is 3.37. The minimum atomic E-state index is -0.139. The Kier molecular flexibility index (Phi) is 2.66. The van der Waals surface area contributed by atoms with Crippen LogP contribution in [0, 0.1) is 17.0 Å². The van der Waals surface area contributed by atoms with Gasteiger partial charge in [-0.3, -0.25) is 0 Å². The molecule has 16 heavy (non-hydrogen) atoms. The molecule has 0 aliphatic carbocycles. The summed E-state index contributed by atoms with van der Waals surface area (Å²) >= 11 is 5.67. The molecule has 0 bridgehead atoms. The highest BCUT2D eigenvalue weighted by Gasteiger charge is 2.15. The number of benzene rings is 1. The summed E-state index contributed by atoms with van der Waals surface area (Å²) in [6.07, 6.45) is 1.05. The summed E-state index contributed by atoms with van der Waals surface area (Å²) in [4.78, 5) is 11.5. The van der Waals surface area contributed by atoms with Gasteiger partial charge < -0.3 is 9.94 Å². The molecule has 0 saturated heterocycles. The van der Waals surface area contributed by atoms with E-state index in [9.17, 15) is 10.1 Å². The molecule has 1 aromatic carbocycles. The van der Waals surface area contributed by atoms with Crippen molar-refractivity contribution < 1.29 is 4.43 Å². The molecule has 0 saturated carbocycles. The normalized spacial score (nSPS) is 10.4. The van der Waals surface area contributed by atoms with Crippen molar-refractivity contribution in [2.24, 2.45) is 0 Å². The van der Waals surface area contributed by atoms with Gasteiger partial charge in [-0.2, -0.15) is 0 Å². The summed E-state index contributed by atoms with van der Waals surface area (Å²) in [5.74, 6) is 0. The van der Waals surface area contributed by atoms with Crippen molar-refractivity contribution in [1.29, 1.82) is 0 Å². The van der Waals surface area contributed by atoms with Gasteiger partial charge in [0.15, 0.2) is 5.15 Å². The second kappa shape index (κ2) is 3.98. The molecule has 0 N–H and O–H groups in total. The van der Waals surface area contributed by atoms with Gasteiger partial charge in [-0.15, -0.1) is 0 Å². The topological polar surface area (TPSA) is 51.0 Å². The Balaban J connectivity index is 2.79. The zero-order valence-electron chi connectivity index (χ0n) is 8.55. The monoisotopic (exact) mass is 236 g/mol. The van der Waals surface area contributed by atoms with E-state index in [0.29, 0.717) is 20.4 Å². The molecule has 0 fully saturated rings. The van der Waals surface area contributed by atoms with E-state index in [1.54, 1.807) is 31.2 Å². The molecule has 5 heteroatoms. The number of halogens is 1. The number of nitrogens with zero attached hydrogens (tertiary/aromatic N) is 2. The average molecular weight is 237 g/mol. The van der Waals surface area contributed by atoms with E-state index in [2.05, 4.69) is 0 Å². The molecule has 0 aliphatic heterocycles. The molecule has 0 unspecified atom stereocenters. The predicted molar refractivity (Wildman–Crippen MR) is 61.7 cm³/mol. The molecule has 1 aromatic heterocycles. The summed E-state index contributed by atoms with van der Waals surface area (Å²) < 4.78 is 1.15. The van der Waals surface area contributed by atoms with Gasteiger partial charge in [-0.25, -0.2) is 0 Å². The van der Waals surface area contributed by atoms with Crippen molar-refractivity contribution in [2.45, 2.75) is 6.92 Å². The van der Waals surface area contributed by atoms with E-state index >= 15 is 0 Å². The van der Waals surface area contributed by atoms with Gasteiger partial charge in [0.2, 0.25) is 0 Å². The summed E-state index contributed by atoms with van der Waals surface area (Å²) in [5, 5.41) is 11.6. The lowest BCUT2D eigenvalue weighted by Gasteiger charge is -2.17. The smallest absolute Gasteiger partial charge is 0.263 e. The van der Waals surface area contributed by atoms with Crippen LogP contribution in [-0.2, 0) is 0 Å². The van der Waals surface area contributed by atoms with Crippen molar-refractivity contribution in [1.82, 2.24) is 4.73 Å². The Morgan fingerprint density at radius 1 is 1.31 bits per heavy atom. The second-order valence-corrected chi connectivity index (χ2v) is 3.76. The van der Waals surface area contributed by atoms with Gasteiger partial charge in [-0.1, -0.05) is 41.9 Å². The first-order valence-electron chi connectivity index (χ1n) is 4.68. The third-order valence-electron chi connectivity index (χ3n) is 2.34. The van der Waals surface area contributed by atoms with Crippen LogP contribution in [0.5, 0.6) is 0 Å². The van der Waals surface area contributed by atoms with Crippen LogP contribution in [-0.4, -0.2) is 4.73 Å². The summed E-state index contributed by atoms with van der Waals surface area (Å²) in [7, 11) is 0. The summed E-state index contributed by atoms with van der Waals surface area (Å²) in [6, 6.07) is 8.94. The van der Waals surface area contributed by atoms with Crippen LogP contribution in [0.15, 0.2) is 36.5 Å². The quantitative estimate of drug-likeness (QED) is 0.714. The zero-order valence-corrected chi connectivity index (χ0v) is 9.31. The Hall–Kier alpha value is -1.81. The van der Waals surface area contributed by atoms with Crippen molar-refractivity contribution in [2.75, 3.05) is 0 Å². The highest BCUT2D eigenvalue weighted by atomic mass is 35.5. The van der Waals surface area contributed by atoms with Gasteiger partial charge >= 0.3 is 0 Å². The molecule has 0 spiro atoms. The number of hydrogen-bond acceptors (Lipinski definition) is 2. The maximum absolute atomic E-state index is 11.8. The first-order chi connectivity index (χ1) is 7.61. The third kappa shape index (κ3) is 1.67. The van der Waals surface area contributed by atoms with Gasteiger partial charge in [0.05, 0.1) is 4.43 Å². The predicted octanol–water partition coefficient (Wildman–Crippen LogP) is 2.38. The number of hydrogen-bond donors (Lipinski definition) is 0. The van der Waals surface area contributed by atoms with Crippen LogP contribution in [0.1, 0.15) is 5.69 Å². The maximum Gasteiger partial charge on any atom is 0.263 e. The fourth-order valence-electron chi connectivity index (χ4n) is 1.53. The van der Waals surface area contributed by atoms with Crippen LogP contribution in [0.2, 0.25) is 5.15 Å². The summed E-state index contributed by atoms with van der Waals surface area (Å²) in [6.45, 7) is 1.58. The van der Waals surface area contributed by atoms with Crippen LogP contribution in [0.3, 0.4) is 0 Å². The minimum absolute atomic E-state index is 0.139. The zero-order chi connectivity index (χ0) is 11.7. The first kappa shape index (κ1) is 10.7. The largest absolute Gasteiger partial charge is 0.804 e. The van der Waals surface area contributed by atoms with Gasteiger partial charge in [-0.05, 0) is 0 Å². The van der Waals surface area contributed by atoms with Crippen molar-refractivity contribution >= 4 is 11.6 Å². The minimum Gasteiger partial charge on any atom is -0.804 e. The van der Waals surface area contributed by atoms with E-state index < -0.39 is 0 Å². The van der Waals surface area contributed by atoms with Crippen molar-refractivity contribution in [3.05, 3.63) is 57.5 Å². The fourth-order valence-corrected chi connectivity index (χ4v) is 1.70. The molecule has 2 rings (SSSR count). The molecule has 2 aromatic rings. The number of aromatic nitrogens is 2. The lowest BCUT2D eigenvalue weighted by atomic mass is 10.1. The maximum atomic E-state index is 11.8. The molecule has 0 radical (unpaired) electrons. The van der Waals surface area contributed by atoms with Crippen molar-refractivity contribution in [3.8, 4) is 11.3 Å². The van der Waals surface area contributed by atoms with E-state index in [-0.39, 0.29) is 10.8 Å². The van der Waals surface area contributed by atoms with Gasteiger partial charge in [0, 0.05) is 17.4 Å². The van der Waals surface area contributed by atoms with Crippen molar-refractivity contribution in [3.63, 3.8) is 0 Å². The highest BCUT2D eigenvalue weighted by Crippen LogP contribution is 2.22. The van der Waals surface area contributed by atoms with Gasteiger partial charge in [0.25, 0.3) is 11.9 Å². The Morgan fingerprint density at radius 3 is 2.56 bits per heavy atom. The van der Waals surface area contributed by atoms with E-state index in [1.165, 1.54) is 0 Å². The molecular formula is C11H9ClN2O2. The molecule has 82 valence electrons. The molecule has 0 aliphatic rings. The molecule has 0 amide bonds. The van der Waals surface area contributed by atoms with Crippen LogP contribution in [0.4, 0.5) is 0 Å². The highest BCUT2D eigenvalue weighted by molar-refractivity contribution is 6.29. The first-order valence-corrected chi connectivity index (χ1v) is 5.06. The van der Waals surface area contributed by atoms with Crippen LogP contribution >= 0.6 is 11.6 Å². The Bertz CT molecular complexity index is 579. The van der Waals surface area contributed by atoms with E-state index in [0.717, 1.165) is 6.20 Å². The summed E-state index contributed by atoms with van der Waals surface area (Å²) in [5.41, 5.74) is 1.27. The van der Waals surface area contributed by atoms with Gasteiger partial charge in [0.1, 0.15) is 5.69 Å². The Morgan fingerprint density at radius 2 is 1.94 bits per heavy atom. The third-order valence-corrected chi connectivity index (χ3v) is 2.59. The average Bonchev–Trinajstić information content (AvgIpc) is 2.28. The number of rotatable bonds is 1. The Labute approximate surface area is 96.9 Å². The van der Waals surface area contributed by atoms with Crippen LogP contribution < -0.4 is 4.43 Å².